The van der Waals surface area contributed by atoms with Crippen molar-refractivity contribution in [3.05, 3.63) is 51.9 Å². The first-order valence-electron chi connectivity index (χ1n) is 5.44. The van der Waals surface area contributed by atoms with Gasteiger partial charge in [-0.2, -0.15) is 0 Å². The second-order valence-electron chi connectivity index (χ2n) is 3.92. The zero-order chi connectivity index (χ0) is 12.3. The Morgan fingerprint density at radius 3 is 2.47 bits per heavy atom. The van der Waals surface area contributed by atoms with Crippen LogP contribution < -0.4 is 5.32 Å². The molecule has 2 aromatic rings. The molecule has 0 amide bonds. The van der Waals surface area contributed by atoms with Crippen LogP contribution in [0.4, 0.5) is 5.82 Å². The highest BCUT2D eigenvalue weighted by atomic mass is 79.9. The average Bonchev–Trinajstić information content (AvgIpc) is 2.27. The van der Waals surface area contributed by atoms with E-state index in [9.17, 15) is 0 Å². The van der Waals surface area contributed by atoms with Crippen molar-refractivity contribution in [2.24, 2.45) is 0 Å². The molecule has 1 aromatic carbocycles. The number of anilines is 1. The van der Waals surface area contributed by atoms with E-state index >= 15 is 0 Å². The minimum Gasteiger partial charge on any atom is -0.366 e. The Balaban J connectivity index is 2.04. The van der Waals surface area contributed by atoms with E-state index in [0.29, 0.717) is 0 Å². The van der Waals surface area contributed by atoms with Crippen LogP contribution in [0.5, 0.6) is 0 Å². The highest BCUT2D eigenvalue weighted by Crippen LogP contribution is 2.12. The van der Waals surface area contributed by atoms with Crippen LogP contribution in [0.25, 0.3) is 0 Å². The summed E-state index contributed by atoms with van der Waals surface area (Å²) in [7, 11) is 0. The topological polar surface area (TPSA) is 37.8 Å². The molecule has 1 N–H and O–H groups in total. The Hall–Kier alpha value is -1.42. The Bertz CT molecular complexity index is 488. The van der Waals surface area contributed by atoms with E-state index in [-0.39, 0.29) is 0 Å². The van der Waals surface area contributed by atoms with Gasteiger partial charge in [-0.3, -0.25) is 0 Å². The number of halogens is 1. The maximum atomic E-state index is 4.34. The van der Waals surface area contributed by atoms with E-state index < -0.39 is 0 Å². The van der Waals surface area contributed by atoms with Crippen molar-refractivity contribution in [1.29, 1.82) is 0 Å². The predicted molar refractivity (Wildman–Crippen MR) is 73.0 cm³/mol. The van der Waals surface area contributed by atoms with E-state index in [2.05, 4.69) is 43.3 Å². The number of rotatable bonds is 3. The van der Waals surface area contributed by atoms with Crippen LogP contribution in [-0.4, -0.2) is 9.97 Å². The highest BCUT2D eigenvalue weighted by molar-refractivity contribution is 9.10. The quantitative estimate of drug-likeness (QED) is 0.941. The molecule has 0 saturated carbocycles. The van der Waals surface area contributed by atoms with E-state index in [0.717, 1.165) is 28.4 Å². The number of hydrogen-bond acceptors (Lipinski definition) is 3. The molecule has 2 rings (SSSR count). The van der Waals surface area contributed by atoms with Gasteiger partial charge in [0.15, 0.2) is 0 Å². The smallest absolute Gasteiger partial charge is 0.130 e. The van der Waals surface area contributed by atoms with Gasteiger partial charge in [0.2, 0.25) is 0 Å². The Morgan fingerprint density at radius 1 is 1.12 bits per heavy atom. The number of aromatic nitrogens is 2. The lowest BCUT2D eigenvalue weighted by atomic mass is 10.2. The molecule has 0 radical (unpaired) electrons. The molecule has 0 aliphatic carbocycles. The fourth-order valence-electron chi connectivity index (χ4n) is 1.60. The van der Waals surface area contributed by atoms with Crippen molar-refractivity contribution >= 4 is 21.7 Å². The molecule has 1 aromatic heterocycles. The first-order valence-corrected chi connectivity index (χ1v) is 6.23. The Kier molecular flexibility index (Phi) is 3.74. The molecule has 0 fully saturated rings. The first-order chi connectivity index (χ1) is 8.13. The summed E-state index contributed by atoms with van der Waals surface area (Å²) < 4.78 is 1.09. The second-order valence-corrected chi connectivity index (χ2v) is 4.84. The molecular weight excluding hydrogens is 278 g/mol. The summed E-state index contributed by atoms with van der Waals surface area (Å²) in [5.74, 6) is 1.67. The van der Waals surface area contributed by atoms with Crippen molar-refractivity contribution in [3.8, 4) is 0 Å². The van der Waals surface area contributed by atoms with E-state index in [4.69, 9.17) is 0 Å². The Morgan fingerprint density at radius 2 is 1.82 bits per heavy atom. The van der Waals surface area contributed by atoms with E-state index in [1.54, 1.807) is 0 Å². The molecule has 0 aliphatic heterocycles. The van der Waals surface area contributed by atoms with Gasteiger partial charge in [-0.15, -0.1) is 0 Å². The van der Waals surface area contributed by atoms with Crippen LogP contribution in [0, 0.1) is 13.8 Å². The highest BCUT2D eigenvalue weighted by Gasteiger charge is 1.98. The van der Waals surface area contributed by atoms with Crippen LogP contribution in [0.15, 0.2) is 34.8 Å². The summed E-state index contributed by atoms with van der Waals surface area (Å²) >= 11 is 3.42. The van der Waals surface area contributed by atoms with Gasteiger partial charge in [0, 0.05) is 22.8 Å². The zero-order valence-corrected chi connectivity index (χ0v) is 11.5. The molecule has 88 valence electrons. The summed E-state index contributed by atoms with van der Waals surface area (Å²) in [6.07, 6.45) is 0. The molecule has 0 atom stereocenters. The number of benzene rings is 1. The van der Waals surface area contributed by atoms with Crippen molar-refractivity contribution in [3.63, 3.8) is 0 Å². The Labute approximate surface area is 109 Å². The van der Waals surface area contributed by atoms with E-state index in [1.165, 1.54) is 5.56 Å². The number of nitrogens with zero attached hydrogens (tertiary/aromatic N) is 2. The third-order valence-corrected chi connectivity index (χ3v) is 2.88. The van der Waals surface area contributed by atoms with Crippen LogP contribution in [0.1, 0.15) is 17.1 Å². The summed E-state index contributed by atoms with van der Waals surface area (Å²) in [6.45, 7) is 4.64. The molecular formula is C13H14BrN3. The molecule has 17 heavy (non-hydrogen) atoms. The lowest BCUT2D eigenvalue weighted by Gasteiger charge is -2.07. The summed E-state index contributed by atoms with van der Waals surface area (Å²) in [4.78, 5) is 8.58. The summed E-state index contributed by atoms with van der Waals surface area (Å²) in [5, 5.41) is 3.30. The van der Waals surface area contributed by atoms with Crippen molar-refractivity contribution < 1.29 is 0 Å². The van der Waals surface area contributed by atoms with Crippen molar-refractivity contribution in [2.45, 2.75) is 20.4 Å². The number of nitrogens with one attached hydrogen (secondary N) is 1. The van der Waals surface area contributed by atoms with Gasteiger partial charge in [0.1, 0.15) is 11.6 Å². The lowest BCUT2D eigenvalue weighted by molar-refractivity contribution is 0.992. The second kappa shape index (κ2) is 5.27. The molecule has 3 nitrogen and oxygen atoms in total. The maximum absolute atomic E-state index is 4.34. The van der Waals surface area contributed by atoms with Gasteiger partial charge in [-0.1, -0.05) is 28.1 Å². The molecule has 0 bridgehead atoms. The van der Waals surface area contributed by atoms with Gasteiger partial charge in [0.05, 0.1) is 0 Å². The predicted octanol–water partition coefficient (Wildman–Crippen LogP) is 3.47. The van der Waals surface area contributed by atoms with Gasteiger partial charge < -0.3 is 5.32 Å². The fourth-order valence-corrected chi connectivity index (χ4v) is 1.87. The zero-order valence-electron chi connectivity index (χ0n) is 9.87. The van der Waals surface area contributed by atoms with Gasteiger partial charge >= 0.3 is 0 Å². The third-order valence-electron chi connectivity index (χ3n) is 2.35. The maximum Gasteiger partial charge on any atom is 0.130 e. The molecule has 0 aliphatic rings. The fraction of sp³-hybridized carbons (Fsp3) is 0.231. The van der Waals surface area contributed by atoms with Crippen LogP contribution in [-0.2, 0) is 6.54 Å². The molecule has 0 unspecified atom stereocenters. The van der Waals surface area contributed by atoms with Gasteiger partial charge in [-0.05, 0) is 31.5 Å². The monoisotopic (exact) mass is 291 g/mol. The molecule has 0 saturated heterocycles. The molecule has 1 heterocycles. The van der Waals surface area contributed by atoms with Crippen LogP contribution >= 0.6 is 15.9 Å². The minimum absolute atomic E-state index is 0.767. The number of aryl methyl sites for hydroxylation is 2. The third kappa shape index (κ3) is 3.53. The van der Waals surface area contributed by atoms with Gasteiger partial charge in [-0.25, -0.2) is 9.97 Å². The van der Waals surface area contributed by atoms with E-state index in [1.807, 2.05) is 32.0 Å². The largest absolute Gasteiger partial charge is 0.366 e. The van der Waals surface area contributed by atoms with Crippen molar-refractivity contribution in [1.82, 2.24) is 9.97 Å². The summed E-state index contributed by atoms with van der Waals surface area (Å²) in [6, 6.07) is 10.2. The normalized spacial score (nSPS) is 10.3. The average molecular weight is 292 g/mol. The number of hydrogen-bond donors (Lipinski definition) is 1. The van der Waals surface area contributed by atoms with Gasteiger partial charge in [0.25, 0.3) is 0 Å². The SMILES string of the molecule is Cc1cc(NCc2ccc(Br)cc2)nc(C)n1. The molecule has 0 spiro atoms. The summed E-state index contributed by atoms with van der Waals surface area (Å²) in [5.41, 5.74) is 2.21. The standard InChI is InChI=1S/C13H14BrN3/c1-9-7-13(17-10(2)16-9)15-8-11-3-5-12(14)6-4-11/h3-7H,8H2,1-2H3,(H,15,16,17). The molecule has 4 heteroatoms. The lowest BCUT2D eigenvalue weighted by Crippen LogP contribution is -2.03. The van der Waals surface area contributed by atoms with Crippen LogP contribution in [0.2, 0.25) is 0 Å². The minimum atomic E-state index is 0.767. The first kappa shape index (κ1) is 12.0. The van der Waals surface area contributed by atoms with Crippen molar-refractivity contribution in [2.75, 3.05) is 5.32 Å². The van der Waals surface area contributed by atoms with Crippen LogP contribution in [0.3, 0.4) is 0 Å².